The van der Waals surface area contributed by atoms with Crippen LogP contribution in [-0.2, 0) is 19.2 Å². The molecule has 0 aromatic heterocycles. The molecule has 0 aromatic carbocycles. The molecule has 1 heterocycles. The van der Waals surface area contributed by atoms with Crippen LogP contribution in [0.2, 0.25) is 0 Å². The SMILES string of the molecule is CC(C(=O)O)N1CCN(C(C)C(=O)O)CC(C)(N(CC(=O)O)CC(=O)O)C1. The van der Waals surface area contributed by atoms with Crippen molar-refractivity contribution in [3.05, 3.63) is 0 Å². The van der Waals surface area contributed by atoms with Crippen LogP contribution < -0.4 is 0 Å². The average molecular weight is 389 g/mol. The Labute approximate surface area is 156 Å². The average Bonchev–Trinajstić information content (AvgIpc) is 2.71. The quantitative estimate of drug-likeness (QED) is 0.374. The van der Waals surface area contributed by atoms with E-state index in [1.54, 1.807) is 16.7 Å². The van der Waals surface area contributed by atoms with Gasteiger partial charge >= 0.3 is 23.9 Å². The van der Waals surface area contributed by atoms with Crippen molar-refractivity contribution >= 4 is 23.9 Å². The maximum atomic E-state index is 11.4. The fourth-order valence-corrected chi connectivity index (χ4v) is 3.28. The van der Waals surface area contributed by atoms with Crippen LogP contribution in [-0.4, -0.2) is 116 Å². The van der Waals surface area contributed by atoms with Gasteiger partial charge in [0.25, 0.3) is 0 Å². The van der Waals surface area contributed by atoms with Crippen LogP contribution >= 0.6 is 0 Å². The van der Waals surface area contributed by atoms with Gasteiger partial charge in [0.05, 0.1) is 13.1 Å². The fourth-order valence-electron chi connectivity index (χ4n) is 3.28. The van der Waals surface area contributed by atoms with Gasteiger partial charge in [-0.2, -0.15) is 0 Å². The summed E-state index contributed by atoms with van der Waals surface area (Å²) in [5, 5.41) is 37.1. The Balaban J connectivity index is 3.29. The van der Waals surface area contributed by atoms with Gasteiger partial charge in [-0.15, -0.1) is 0 Å². The Hall–Kier alpha value is -2.24. The summed E-state index contributed by atoms with van der Waals surface area (Å²) < 4.78 is 0. The zero-order chi connectivity index (χ0) is 20.9. The van der Waals surface area contributed by atoms with Gasteiger partial charge in [0, 0.05) is 31.7 Å². The van der Waals surface area contributed by atoms with Crippen molar-refractivity contribution in [1.82, 2.24) is 14.7 Å². The second-order valence-corrected chi connectivity index (χ2v) is 7.11. The third-order valence-corrected chi connectivity index (χ3v) is 4.99. The minimum absolute atomic E-state index is 0.0872. The molecule has 2 unspecified atom stereocenters. The molecule has 0 spiro atoms. The predicted molar refractivity (Wildman–Crippen MR) is 92.6 cm³/mol. The van der Waals surface area contributed by atoms with E-state index in [-0.39, 0.29) is 26.2 Å². The standard InChI is InChI=1S/C16H27N3O8/c1-10(14(24)25)17-4-5-18(11(2)15(26)27)9-16(3,8-17)19(6-12(20)21)7-13(22)23/h10-11H,4-9H2,1-3H3,(H,20,21)(H,22,23)(H,24,25)(H,26,27). The van der Waals surface area contributed by atoms with E-state index in [1.807, 2.05) is 0 Å². The lowest BCUT2D eigenvalue weighted by atomic mass is 9.96. The molecule has 0 aromatic rings. The molecule has 1 aliphatic rings. The van der Waals surface area contributed by atoms with Gasteiger partial charge < -0.3 is 20.4 Å². The van der Waals surface area contributed by atoms with Crippen molar-refractivity contribution in [2.75, 3.05) is 39.3 Å². The highest BCUT2D eigenvalue weighted by Crippen LogP contribution is 2.24. The molecule has 0 amide bonds. The lowest BCUT2D eigenvalue weighted by Gasteiger charge is -2.43. The van der Waals surface area contributed by atoms with Gasteiger partial charge in [0.15, 0.2) is 0 Å². The number of carboxylic acid groups (broad SMARTS) is 4. The molecule has 2 atom stereocenters. The van der Waals surface area contributed by atoms with E-state index in [0.29, 0.717) is 0 Å². The van der Waals surface area contributed by atoms with Crippen LogP contribution in [0, 0.1) is 0 Å². The van der Waals surface area contributed by atoms with Crippen molar-refractivity contribution < 1.29 is 39.6 Å². The Morgan fingerprint density at radius 3 is 1.44 bits per heavy atom. The zero-order valence-corrected chi connectivity index (χ0v) is 15.7. The number of carboxylic acids is 4. The molecular weight excluding hydrogens is 362 g/mol. The Kier molecular flexibility index (Phi) is 7.69. The summed E-state index contributed by atoms with van der Waals surface area (Å²) in [7, 11) is 0. The normalized spacial score (nSPS) is 24.1. The predicted octanol–water partition coefficient (Wildman–Crippen LogP) is -1.22. The Morgan fingerprint density at radius 1 is 0.852 bits per heavy atom. The van der Waals surface area contributed by atoms with Crippen molar-refractivity contribution in [3.8, 4) is 0 Å². The molecule has 0 bridgehead atoms. The smallest absolute Gasteiger partial charge is 0.320 e. The van der Waals surface area contributed by atoms with Crippen LogP contribution in [0.4, 0.5) is 0 Å². The molecular formula is C16H27N3O8. The fraction of sp³-hybridized carbons (Fsp3) is 0.750. The molecule has 27 heavy (non-hydrogen) atoms. The third-order valence-electron chi connectivity index (χ3n) is 4.99. The van der Waals surface area contributed by atoms with E-state index in [2.05, 4.69) is 0 Å². The summed E-state index contributed by atoms with van der Waals surface area (Å²) in [6, 6.07) is -1.78. The molecule has 1 saturated heterocycles. The molecule has 4 N–H and O–H groups in total. The number of hydrogen-bond donors (Lipinski definition) is 4. The molecule has 0 aliphatic carbocycles. The number of aliphatic carboxylic acids is 4. The summed E-state index contributed by atoms with van der Waals surface area (Å²) in [5.41, 5.74) is -1.08. The molecule has 1 rings (SSSR count). The second-order valence-electron chi connectivity index (χ2n) is 7.11. The van der Waals surface area contributed by atoms with E-state index >= 15 is 0 Å². The van der Waals surface area contributed by atoms with Crippen LogP contribution in [0.25, 0.3) is 0 Å². The Bertz CT molecular complexity index is 550. The number of hydrogen-bond acceptors (Lipinski definition) is 7. The largest absolute Gasteiger partial charge is 0.480 e. The lowest BCUT2D eigenvalue weighted by Crippen LogP contribution is -2.61. The van der Waals surface area contributed by atoms with Crippen LogP contribution in [0.1, 0.15) is 20.8 Å². The first-order valence-electron chi connectivity index (χ1n) is 8.49. The van der Waals surface area contributed by atoms with Crippen LogP contribution in [0.15, 0.2) is 0 Å². The molecule has 11 heteroatoms. The van der Waals surface area contributed by atoms with Gasteiger partial charge in [-0.1, -0.05) is 0 Å². The van der Waals surface area contributed by atoms with Gasteiger partial charge in [0.2, 0.25) is 0 Å². The second kappa shape index (κ2) is 9.11. The summed E-state index contributed by atoms with van der Waals surface area (Å²) in [4.78, 5) is 49.8. The number of nitrogens with zero attached hydrogens (tertiary/aromatic N) is 3. The third kappa shape index (κ3) is 6.15. The minimum Gasteiger partial charge on any atom is -0.480 e. The summed E-state index contributed by atoms with van der Waals surface area (Å²) in [6.45, 7) is 4.17. The van der Waals surface area contributed by atoms with E-state index in [0.717, 1.165) is 0 Å². The first-order valence-corrected chi connectivity index (χ1v) is 8.49. The Morgan fingerprint density at radius 2 is 1.19 bits per heavy atom. The topological polar surface area (TPSA) is 159 Å². The van der Waals surface area contributed by atoms with Gasteiger partial charge in [-0.3, -0.25) is 33.9 Å². The zero-order valence-electron chi connectivity index (χ0n) is 15.7. The first kappa shape index (κ1) is 22.8. The number of rotatable bonds is 9. The van der Waals surface area contributed by atoms with E-state index in [4.69, 9.17) is 0 Å². The summed E-state index contributed by atoms with van der Waals surface area (Å²) >= 11 is 0. The van der Waals surface area contributed by atoms with E-state index in [1.165, 1.54) is 18.7 Å². The van der Waals surface area contributed by atoms with Gasteiger partial charge in [-0.25, -0.2) is 0 Å². The number of carbonyl (C=O) groups is 4. The molecule has 11 nitrogen and oxygen atoms in total. The highest BCUT2D eigenvalue weighted by molar-refractivity contribution is 5.74. The monoisotopic (exact) mass is 389 g/mol. The molecule has 1 fully saturated rings. The van der Waals surface area contributed by atoms with Crippen molar-refractivity contribution in [2.45, 2.75) is 38.4 Å². The summed E-state index contributed by atoms with van der Waals surface area (Å²) in [6.07, 6.45) is 0. The molecule has 154 valence electrons. The minimum atomic E-state index is -1.22. The molecule has 0 radical (unpaired) electrons. The maximum absolute atomic E-state index is 11.4. The van der Waals surface area contributed by atoms with E-state index < -0.39 is 54.6 Å². The highest BCUT2D eigenvalue weighted by atomic mass is 16.4. The van der Waals surface area contributed by atoms with Crippen LogP contribution in [0.5, 0.6) is 0 Å². The highest BCUT2D eigenvalue weighted by Gasteiger charge is 2.43. The van der Waals surface area contributed by atoms with Gasteiger partial charge in [0.1, 0.15) is 12.1 Å². The molecule has 1 aliphatic heterocycles. The lowest BCUT2D eigenvalue weighted by molar-refractivity contribution is -0.149. The van der Waals surface area contributed by atoms with Crippen molar-refractivity contribution in [3.63, 3.8) is 0 Å². The maximum Gasteiger partial charge on any atom is 0.320 e. The van der Waals surface area contributed by atoms with E-state index in [9.17, 15) is 39.6 Å². The van der Waals surface area contributed by atoms with Gasteiger partial charge in [-0.05, 0) is 20.8 Å². The van der Waals surface area contributed by atoms with Crippen LogP contribution in [0.3, 0.4) is 0 Å². The van der Waals surface area contributed by atoms with Crippen molar-refractivity contribution in [1.29, 1.82) is 0 Å². The molecule has 0 saturated carbocycles. The van der Waals surface area contributed by atoms with Crippen molar-refractivity contribution in [2.24, 2.45) is 0 Å². The summed E-state index contributed by atoms with van der Waals surface area (Å²) in [5.74, 6) is -4.59. The first-order chi connectivity index (χ1) is 12.4.